The van der Waals surface area contributed by atoms with Crippen LogP contribution in [0.15, 0.2) is 35.5 Å². The second kappa shape index (κ2) is 8.16. The van der Waals surface area contributed by atoms with E-state index >= 15 is 0 Å². The fourth-order valence-electron chi connectivity index (χ4n) is 1.90. The van der Waals surface area contributed by atoms with Crippen LogP contribution in [0, 0.1) is 0 Å². The van der Waals surface area contributed by atoms with Crippen LogP contribution in [0.3, 0.4) is 0 Å². The number of carbonyl (C=O) groups excluding carboxylic acids is 1. The van der Waals surface area contributed by atoms with Crippen molar-refractivity contribution in [3.05, 3.63) is 35.9 Å². The molecule has 6 heteroatoms. The van der Waals surface area contributed by atoms with E-state index in [4.69, 9.17) is 15.7 Å². The summed E-state index contributed by atoms with van der Waals surface area (Å²) in [4.78, 5) is 14.1. The molecule has 1 rings (SSSR count). The van der Waals surface area contributed by atoms with Crippen molar-refractivity contribution >= 4 is 11.7 Å². The van der Waals surface area contributed by atoms with E-state index < -0.39 is 6.10 Å². The number of ether oxygens (including phenoxy) is 1. The second-order valence-electron chi connectivity index (χ2n) is 4.29. The van der Waals surface area contributed by atoms with Gasteiger partial charge in [0.25, 0.3) is 5.91 Å². The minimum Gasteiger partial charge on any atom is -0.409 e. The van der Waals surface area contributed by atoms with Gasteiger partial charge in [-0.2, -0.15) is 0 Å². The van der Waals surface area contributed by atoms with Gasteiger partial charge < -0.3 is 20.6 Å². The zero-order valence-electron chi connectivity index (χ0n) is 11.8. The van der Waals surface area contributed by atoms with E-state index in [-0.39, 0.29) is 11.7 Å². The molecule has 0 heterocycles. The minimum atomic E-state index is -0.636. The Bertz CT molecular complexity index is 448. The number of carbonyl (C=O) groups is 1. The molecule has 0 aromatic heterocycles. The summed E-state index contributed by atoms with van der Waals surface area (Å²) in [5, 5.41) is 11.4. The Balaban J connectivity index is 2.78. The first-order chi connectivity index (χ1) is 9.63. The topological polar surface area (TPSA) is 88.1 Å². The highest BCUT2D eigenvalue weighted by molar-refractivity contribution is 5.84. The number of rotatable bonds is 7. The van der Waals surface area contributed by atoms with Gasteiger partial charge in [0, 0.05) is 26.6 Å². The number of amides is 1. The van der Waals surface area contributed by atoms with E-state index in [0.29, 0.717) is 19.5 Å². The van der Waals surface area contributed by atoms with Crippen LogP contribution in [0.5, 0.6) is 0 Å². The van der Waals surface area contributed by atoms with E-state index in [1.54, 1.807) is 4.90 Å². The van der Waals surface area contributed by atoms with E-state index in [1.165, 1.54) is 7.11 Å². The molecule has 0 saturated carbocycles. The third-order valence-electron chi connectivity index (χ3n) is 3.02. The average Bonchev–Trinajstić information content (AvgIpc) is 2.49. The molecule has 1 aromatic carbocycles. The van der Waals surface area contributed by atoms with Crippen LogP contribution >= 0.6 is 0 Å². The summed E-state index contributed by atoms with van der Waals surface area (Å²) in [7, 11) is 1.51. The molecule has 0 spiro atoms. The molecule has 0 fully saturated rings. The third-order valence-corrected chi connectivity index (χ3v) is 3.02. The van der Waals surface area contributed by atoms with E-state index in [2.05, 4.69) is 5.16 Å². The maximum atomic E-state index is 12.5. The van der Waals surface area contributed by atoms with Crippen molar-refractivity contribution in [2.75, 3.05) is 20.2 Å². The first-order valence-corrected chi connectivity index (χ1v) is 6.47. The third kappa shape index (κ3) is 4.24. The molecule has 0 bridgehead atoms. The van der Waals surface area contributed by atoms with Crippen molar-refractivity contribution < 1.29 is 14.7 Å². The van der Waals surface area contributed by atoms with Crippen LogP contribution in [0.2, 0.25) is 0 Å². The van der Waals surface area contributed by atoms with Gasteiger partial charge in [-0.1, -0.05) is 35.5 Å². The number of nitrogens with two attached hydrogens (primary N) is 1. The number of likely N-dealkylation sites (N-methyl/N-ethyl adjacent to an activating group) is 1. The number of benzene rings is 1. The summed E-state index contributed by atoms with van der Waals surface area (Å²) in [6.45, 7) is 2.80. The fraction of sp³-hybridized carbons (Fsp3) is 0.429. The highest BCUT2D eigenvalue weighted by atomic mass is 16.5. The Morgan fingerprint density at radius 2 is 2.10 bits per heavy atom. The highest BCUT2D eigenvalue weighted by Gasteiger charge is 2.24. The zero-order valence-corrected chi connectivity index (χ0v) is 11.8. The fourth-order valence-corrected chi connectivity index (χ4v) is 1.90. The number of hydrogen-bond acceptors (Lipinski definition) is 4. The molecule has 0 aliphatic heterocycles. The van der Waals surface area contributed by atoms with Crippen molar-refractivity contribution in [3.8, 4) is 0 Å². The van der Waals surface area contributed by atoms with E-state index in [9.17, 15) is 4.79 Å². The predicted octanol–water partition coefficient (Wildman–Crippen LogP) is 1.36. The molecule has 0 radical (unpaired) electrons. The van der Waals surface area contributed by atoms with Crippen LogP contribution in [0.1, 0.15) is 25.0 Å². The molecule has 0 aliphatic rings. The van der Waals surface area contributed by atoms with E-state index in [0.717, 1.165) is 5.56 Å². The quantitative estimate of drug-likeness (QED) is 0.341. The zero-order chi connectivity index (χ0) is 15.0. The van der Waals surface area contributed by atoms with Gasteiger partial charge in [-0.3, -0.25) is 4.79 Å². The molecular weight excluding hydrogens is 258 g/mol. The van der Waals surface area contributed by atoms with Crippen LogP contribution in [0.4, 0.5) is 0 Å². The first kappa shape index (κ1) is 16.0. The predicted molar refractivity (Wildman–Crippen MR) is 76.5 cm³/mol. The summed E-state index contributed by atoms with van der Waals surface area (Å²) < 4.78 is 5.31. The Morgan fingerprint density at radius 1 is 1.45 bits per heavy atom. The molecule has 1 amide bonds. The van der Waals surface area contributed by atoms with Gasteiger partial charge in [0.1, 0.15) is 5.84 Å². The van der Waals surface area contributed by atoms with Gasteiger partial charge in [-0.05, 0) is 12.5 Å². The van der Waals surface area contributed by atoms with Gasteiger partial charge in [0.15, 0.2) is 6.10 Å². The molecule has 20 heavy (non-hydrogen) atoms. The van der Waals surface area contributed by atoms with Crippen molar-refractivity contribution in [3.63, 3.8) is 0 Å². The van der Waals surface area contributed by atoms with Crippen molar-refractivity contribution in [1.82, 2.24) is 4.90 Å². The SMILES string of the molecule is CCN(CCC(N)=NO)C(=O)C(OC)c1ccccc1. The lowest BCUT2D eigenvalue weighted by Gasteiger charge is -2.25. The lowest BCUT2D eigenvalue weighted by Crippen LogP contribution is -2.37. The molecule has 3 N–H and O–H groups in total. The lowest BCUT2D eigenvalue weighted by molar-refractivity contribution is -0.142. The van der Waals surface area contributed by atoms with Crippen LogP contribution in [-0.2, 0) is 9.53 Å². The normalized spacial score (nSPS) is 13.0. The molecule has 110 valence electrons. The maximum Gasteiger partial charge on any atom is 0.256 e. The summed E-state index contributed by atoms with van der Waals surface area (Å²) in [5.74, 6) is -0.0307. The van der Waals surface area contributed by atoms with Crippen molar-refractivity contribution in [2.45, 2.75) is 19.4 Å². The lowest BCUT2D eigenvalue weighted by atomic mass is 10.1. The van der Waals surface area contributed by atoms with Crippen LogP contribution < -0.4 is 5.73 Å². The summed E-state index contributed by atoms with van der Waals surface area (Å²) in [6.07, 6.45) is -0.315. The Morgan fingerprint density at radius 3 is 2.60 bits per heavy atom. The number of hydrogen-bond donors (Lipinski definition) is 2. The van der Waals surface area contributed by atoms with Gasteiger partial charge in [0.05, 0.1) is 0 Å². The standard InChI is InChI=1S/C14H21N3O3/c1-3-17(10-9-12(15)16-19)14(18)13(20-2)11-7-5-4-6-8-11/h4-8,13,19H,3,9-10H2,1-2H3,(H2,15,16). The number of oxime groups is 1. The molecule has 1 unspecified atom stereocenters. The van der Waals surface area contributed by atoms with Gasteiger partial charge in [-0.25, -0.2) is 0 Å². The second-order valence-corrected chi connectivity index (χ2v) is 4.29. The Labute approximate surface area is 118 Å². The highest BCUT2D eigenvalue weighted by Crippen LogP contribution is 2.19. The molecular formula is C14H21N3O3. The van der Waals surface area contributed by atoms with E-state index in [1.807, 2.05) is 37.3 Å². The van der Waals surface area contributed by atoms with Crippen molar-refractivity contribution in [2.24, 2.45) is 10.9 Å². The number of nitrogens with zero attached hydrogens (tertiary/aromatic N) is 2. The maximum absolute atomic E-state index is 12.5. The molecule has 6 nitrogen and oxygen atoms in total. The number of amidine groups is 1. The van der Waals surface area contributed by atoms with Crippen molar-refractivity contribution in [1.29, 1.82) is 0 Å². The van der Waals surface area contributed by atoms with Gasteiger partial charge in [-0.15, -0.1) is 0 Å². The first-order valence-electron chi connectivity index (χ1n) is 6.47. The Hall–Kier alpha value is -2.08. The minimum absolute atomic E-state index is 0.102. The summed E-state index contributed by atoms with van der Waals surface area (Å²) >= 11 is 0. The average molecular weight is 279 g/mol. The number of methoxy groups -OCH3 is 1. The van der Waals surface area contributed by atoms with Crippen LogP contribution in [-0.4, -0.2) is 42.0 Å². The van der Waals surface area contributed by atoms with Gasteiger partial charge >= 0.3 is 0 Å². The molecule has 1 atom stereocenters. The Kier molecular flexibility index (Phi) is 6.52. The molecule has 1 aromatic rings. The van der Waals surface area contributed by atoms with Crippen LogP contribution in [0.25, 0.3) is 0 Å². The largest absolute Gasteiger partial charge is 0.409 e. The molecule has 0 aliphatic carbocycles. The van der Waals surface area contributed by atoms with Gasteiger partial charge in [0.2, 0.25) is 0 Å². The summed E-state index contributed by atoms with van der Waals surface area (Å²) in [6, 6.07) is 9.31. The smallest absolute Gasteiger partial charge is 0.256 e. The summed E-state index contributed by atoms with van der Waals surface area (Å²) in [5.41, 5.74) is 6.23. The molecule has 0 saturated heterocycles. The monoisotopic (exact) mass is 279 g/mol.